The average Bonchev–Trinajstić information content (AvgIpc) is 3.37. The number of likely N-dealkylation sites (tertiary alicyclic amines) is 1. The molecule has 1 amide bonds. The first-order valence-electron chi connectivity index (χ1n) is 10.3. The van der Waals surface area contributed by atoms with Gasteiger partial charge in [0.05, 0.1) is 48.8 Å². The van der Waals surface area contributed by atoms with Gasteiger partial charge in [-0.25, -0.2) is 4.68 Å². The van der Waals surface area contributed by atoms with Crippen LogP contribution in [0.3, 0.4) is 0 Å². The Morgan fingerprint density at radius 1 is 1.19 bits per heavy atom. The number of Topliss-reactive ketones (excluding diaryl/α,β-unsaturated/α-hetero) is 1. The number of rotatable bonds is 3. The number of carbonyl (C=O) groups is 2. The zero-order valence-electron chi connectivity index (χ0n) is 17.5. The Morgan fingerprint density at radius 3 is 2.77 bits per heavy atom. The highest BCUT2D eigenvalue weighted by atomic mass is 16.5. The number of benzene rings is 2. The fourth-order valence-corrected chi connectivity index (χ4v) is 4.47. The lowest BCUT2D eigenvalue weighted by atomic mass is 9.89. The van der Waals surface area contributed by atoms with E-state index in [2.05, 4.69) is 5.10 Å². The van der Waals surface area contributed by atoms with Crippen molar-refractivity contribution in [3.63, 3.8) is 0 Å². The third kappa shape index (κ3) is 3.26. The average molecular weight is 417 g/mol. The molecule has 2 aromatic carbocycles. The monoisotopic (exact) mass is 417 g/mol. The lowest BCUT2D eigenvalue weighted by molar-refractivity contribution is 0.0427. The van der Waals surface area contributed by atoms with Crippen LogP contribution in [0.15, 0.2) is 54.7 Å². The molecule has 0 saturated carbocycles. The molecule has 3 heterocycles. The van der Waals surface area contributed by atoms with Gasteiger partial charge in [-0.2, -0.15) is 5.10 Å². The highest BCUT2D eigenvalue weighted by Crippen LogP contribution is 2.40. The van der Waals surface area contributed by atoms with Gasteiger partial charge in [0.25, 0.3) is 5.91 Å². The number of hydrogen-bond donors (Lipinski definition) is 0. The number of aromatic nitrogens is 2. The second kappa shape index (κ2) is 7.27. The van der Waals surface area contributed by atoms with Crippen LogP contribution in [0.4, 0.5) is 0 Å². The fourth-order valence-electron chi connectivity index (χ4n) is 4.47. The Kier molecular flexibility index (Phi) is 4.54. The molecule has 2 aliphatic rings. The Labute approximate surface area is 180 Å². The van der Waals surface area contributed by atoms with Crippen molar-refractivity contribution >= 4 is 11.7 Å². The predicted octanol–water partition coefficient (Wildman–Crippen LogP) is 3.44. The first kappa shape index (κ1) is 19.4. The number of hydrogen-bond acceptors (Lipinski definition) is 5. The number of nitrogens with zero attached hydrogens (tertiary/aromatic N) is 3. The van der Waals surface area contributed by atoms with Gasteiger partial charge in [0.1, 0.15) is 17.1 Å². The standard InChI is InChI=1S/C24H23N3O4/c1-16-20(14-25-27(16)17-6-4-3-5-7-17)23(29)26-11-10-24(15-26)13-21(28)19-12-18(30-2)8-9-22(19)31-24/h3-9,12,14H,10-11,13,15H2,1-2H3. The van der Waals surface area contributed by atoms with Crippen LogP contribution in [0, 0.1) is 6.92 Å². The number of para-hydroxylation sites is 1. The van der Waals surface area contributed by atoms with Crippen molar-refractivity contribution in [3.8, 4) is 17.2 Å². The summed E-state index contributed by atoms with van der Waals surface area (Å²) in [5, 5.41) is 4.41. The lowest BCUT2D eigenvalue weighted by Crippen LogP contribution is -2.45. The molecule has 1 unspecified atom stereocenters. The van der Waals surface area contributed by atoms with Crippen molar-refractivity contribution in [1.82, 2.24) is 14.7 Å². The first-order chi connectivity index (χ1) is 15.0. The molecule has 1 atom stereocenters. The van der Waals surface area contributed by atoms with Crippen LogP contribution < -0.4 is 9.47 Å². The lowest BCUT2D eigenvalue weighted by Gasteiger charge is -2.34. The Hall–Kier alpha value is -3.61. The quantitative estimate of drug-likeness (QED) is 0.653. The van der Waals surface area contributed by atoms with E-state index in [4.69, 9.17) is 9.47 Å². The maximum absolute atomic E-state index is 13.3. The molecule has 7 heteroatoms. The smallest absolute Gasteiger partial charge is 0.257 e. The fraction of sp³-hybridized carbons (Fsp3) is 0.292. The van der Waals surface area contributed by atoms with Crippen LogP contribution >= 0.6 is 0 Å². The van der Waals surface area contributed by atoms with E-state index in [9.17, 15) is 9.59 Å². The summed E-state index contributed by atoms with van der Waals surface area (Å²) in [6, 6.07) is 15.0. The molecule has 0 aliphatic carbocycles. The Morgan fingerprint density at radius 2 is 2.00 bits per heavy atom. The SMILES string of the molecule is COc1ccc2c(c1)C(=O)CC1(CCN(C(=O)c3cnn(-c4ccccc4)c3C)C1)O2. The maximum atomic E-state index is 13.3. The topological polar surface area (TPSA) is 73.7 Å². The number of carbonyl (C=O) groups excluding carboxylic acids is 2. The third-order valence-corrected chi connectivity index (χ3v) is 6.14. The second-order valence-electron chi connectivity index (χ2n) is 8.11. The van der Waals surface area contributed by atoms with Crippen molar-refractivity contribution in [1.29, 1.82) is 0 Å². The normalized spacial score (nSPS) is 19.9. The number of amides is 1. The van der Waals surface area contributed by atoms with Gasteiger partial charge in [0.2, 0.25) is 0 Å². The van der Waals surface area contributed by atoms with Crippen LogP contribution in [0.1, 0.15) is 39.3 Å². The van der Waals surface area contributed by atoms with E-state index in [-0.39, 0.29) is 18.1 Å². The van der Waals surface area contributed by atoms with Crippen molar-refractivity contribution in [2.45, 2.75) is 25.4 Å². The van der Waals surface area contributed by atoms with E-state index < -0.39 is 5.60 Å². The predicted molar refractivity (Wildman–Crippen MR) is 114 cm³/mol. The summed E-state index contributed by atoms with van der Waals surface area (Å²) < 4.78 is 13.3. The second-order valence-corrected chi connectivity index (χ2v) is 8.11. The summed E-state index contributed by atoms with van der Waals surface area (Å²) in [4.78, 5) is 27.9. The van der Waals surface area contributed by atoms with Crippen molar-refractivity contribution < 1.29 is 19.1 Å². The molecule has 3 aromatic rings. The van der Waals surface area contributed by atoms with E-state index in [0.29, 0.717) is 42.1 Å². The molecule has 0 bridgehead atoms. The molecule has 1 spiro atoms. The Balaban J connectivity index is 1.37. The minimum absolute atomic E-state index is 0.0162. The zero-order valence-corrected chi connectivity index (χ0v) is 17.5. The van der Waals surface area contributed by atoms with Crippen LogP contribution in [0.25, 0.3) is 5.69 Å². The summed E-state index contributed by atoms with van der Waals surface area (Å²) in [6.07, 6.45) is 2.48. The van der Waals surface area contributed by atoms with Crippen molar-refractivity contribution in [3.05, 3.63) is 71.5 Å². The number of ether oxygens (including phenoxy) is 2. The van der Waals surface area contributed by atoms with Gasteiger partial charge in [-0.1, -0.05) is 18.2 Å². The molecule has 158 valence electrons. The van der Waals surface area contributed by atoms with Crippen LogP contribution in [0.2, 0.25) is 0 Å². The minimum atomic E-state index is -0.683. The van der Waals surface area contributed by atoms with Crippen molar-refractivity contribution in [2.24, 2.45) is 0 Å². The number of fused-ring (bicyclic) bond motifs is 1. The van der Waals surface area contributed by atoms with E-state index >= 15 is 0 Å². The third-order valence-electron chi connectivity index (χ3n) is 6.14. The molecule has 31 heavy (non-hydrogen) atoms. The van der Waals surface area contributed by atoms with Gasteiger partial charge in [0, 0.05) is 13.0 Å². The van der Waals surface area contributed by atoms with Crippen molar-refractivity contribution in [2.75, 3.05) is 20.2 Å². The highest BCUT2D eigenvalue weighted by molar-refractivity contribution is 6.01. The summed E-state index contributed by atoms with van der Waals surface area (Å²) >= 11 is 0. The maximum Gasteiger partial charge on any atom is 0.257 e. The molecule has 0 radical (unpaired) electrons. The van der Waals surface area contributed by atoms with E-state index in [1.54, 1.807) is 41.1 Å². The van der Waals surface area contributed by atoms with Crippen LogP contribution in [-0.4, -0.2) is 52.2 Å². The summed E-state index contributed by atoms with van der Waals surface area (Å²) in [5.41, 5.74) is 2.11. The van der Waals surface area contributed by atoms with Gasteiger partial charge in [0.15, 0.2) is 5.78 Å². The molecule has 1 saturated heterocycles. The van der Waals surface area contributed by atoms with E-state index in [1.165, 1.54) is 0 Å². The van der Waals surface area contributed by atoms with Gasteiger partial charge in [-0.05, 0) is 37.3 Å². The van der Waals surface area contributed by atoms with Crippen LogP contribution in [0.5, 0.6) is 11.5 Å². The van der Waals surface area contributed by atoms with Gasteiger partial charge in [-0.15, -0.1) is 0 Å². The largest absolute Gasteiger partial charge is 0.497 e. The number of ketones is 1. The molecule has 5 rings (SSSR count). The molecule has 1 aromatic heterocycles. The molecule has 2 aliphatic heterocycles. The highest BCUT2D eigenvalue weighted by Gasteiger charge is 2.47. The molecule has 0 N–H and O–H groups in total. The molecular formula is C24H23N3O4. The molecular weight excluding hydrogens is 394 g/mol. The van der Waals surface area contributed by atoms with E-state index in [1.807, 2.05) is 37.3 Å². The molecule has 1 fully saturated rings. The van der Waals surface area contributed by atoms with Gasteiger partial charge >= 0.3 is 0 Å². The Bertz CT molecular complexity index is 1170. The molecule has 7 nitrogen and oxygen atoms in total. The summed E-state index contributed by atoms with van der Waals surface area (Å²) in [7, 11) is 1.57. The first-order valence-corrected chi connectivity index (χ1v) is 10.3. The summed E-state index contributed by atoms with van der Waals surface area (Å²) in [5.74, 6) is 1.11. The van der Waals surface area contributed by atoms with E-state index in [0.717, 1.165) is 11.4 Å². The zero-order chi connectivity index (χ0) is 21.6. The van der Waals surface area contributed by atoms with Gasteiger partial charge in [-0.3, -0.25) is 9.59 Å². The van der Waals surface area contributed by atoms with Crippen LogP contribution in [-0.2, 0) is 0 Å². The van der Waals surface area contributed by atoms with Gasteiger partial charge < -0.3 is 14.4 Å². The number of methoxy groups -OCH3 is 1. The minimum Gasteiger partial charge on any atom is -0.497 e. The summed E-state index contributed by atoms with van der Waals surface area (Å²) in [6.45, 7) is 2.80.